The Balaban J connectivity index is 2.40. The van der Waals surface area contributed by atoms with Crippen molar-refractivity contribution in [2.75, 3.05) is 20.3 Å². The summed E-state index contributed by atoms with van der Waals surface area (Å²) in [5.41, 5.74) is 1.60. The average Bonchev–Trinajstić information content (AvgIpc) is 2.62. The van der Waals surface area contributed by atoms with E-state index in [1.54, 1.807) is 50.2 Å². The summed E-state index contributed by atoms with van der Waals surface area (Å²) in [5.74, 6) is 0.292. The molecule has 2 rings (SSSR count). The molecule has 0 aliphatic rings. The molecule has 0 radical (unpaired) electrons. The molecule has 2 aromatic carbocycles. The average molecular weight is 394 g/mol. The van der Waals surface area contributed by atoms with Gasteiger partial charge in [-0.15, -0.1) is 12.6 Å². The van der Waals surface area contributed by atoms with Crippen molar-refractivity contribution < 1.29 is 23.1 Å². The summed E-state index contributed by atoms with van der Waals surface area (Å²) in [6.07, 6.45) is 0.0468. The van der Waals surface area contributed by atoms with Crippen LogP contribution in [0.3, 0.4) is 0 Å². The summed E-state index contributed by atoms with van der Waals surface area (Å²) in [6.45, 7) is 4.07. The number of hydrogen-bond acceptors (Lipinski definition) is 6. The van der Waals surface area contributed by atoms with Gasteiger partial charge in [0.05, 0.1) is 26.5 Å². The lowest BCUT2D eigenvalue weighted by atomic mass is 10.0. The Morgan fingerprint density at radius 3 is 2.23 bits per heavy atom. The van der Waals surface area contributed by atoms with Crippen molar-refractivity contribution in [3.63, 3.8) is 0 Å². The van der Waals surface area contributed by atoms with Gasteiger partial charge in [-0.05, 0) is 26.0 Å². The van der Waals surface area contributed by atoms with E-state index in [1.807, 2.05) is 6.07 Å². The minimum atomic E-state index is -3.30. The van der Waals surface area contributed by atoms with E-state index >= 15 is 0 Å². The lowest BCUT2D eigenvalue weighted by Gasteiger charge is -2.19. The molecule has 0 amide bonds. The van der Waals surface area contributed by atoms with Crippen molar-refractivity contribution in [3.05, 3.63) is 59.2 Å². The number of ether oxygens (including phenoxy) is 1. The molecule has 2 aromatic rings. The number of carbonyl (C=O) groups is 1. The van der Waals surface area contributed by atoms with Crippen molar-refractivity contribution in [3.8, 4) is 5.75 Å². The minimum absolute atomic E-state index is 0.0468. The van der Waals surface area contributed by atoms with Gasteiger partial charge < -0.3 is 13.8 Å². The first-order chi connectivity index (χ1) is 12.4. The molecule has 0 heterocycles. The van der Waals surface area contributed by atoms with E-state index < -0.39 is 7.60 Å². The molecule has 26 heavy (non-hydrogen) atoms. The fourth-order valence-electron chi connectivity index (χ4n) is 2.58. The van der Waals surface area contributed by atoms with Crippen LogP contribution >= 0.6 is 20.2 Å². The van der Waals surface area contributed by atoms with Gasteiger partial charge in [0.1, 0.15) is 5.75 Å². The van der Waals surface area contributed by atoms with E-state index in [0.29, 0.717) is 27.3 Å². The Hall–Kier alpha value is -1.59. The molecule has 0 saturated heterocycles. The summed E-state index contributed by atoms with van der Waals surface area (Å²) < 4.78 is 28.9. The minimum Gasteiger partial charge on any atom is -0.496 e. The molecule has 0 fully saturated rings. The quantitative estimate of drug-likeness (QED) is 0.369. The van der Waals surface area contributed by atoms with Gasteiger partial charge in [-0.25, -0.2) is 0 Å². The SMILES string of the molecule is CCOP(=O)(Cc1cc(S)c(C(=O)c2ccccc2)cc1OC)OCC. The second kappa shape index (κ2) is 9.38. The standard InChI is InChI=1S/C19H23O5PS/c1-4-23-25(21,24-5-2)13-15-11-18(26)16(12-17(15)22-3)19(20)14-9-7-6-8-10-14/h6-12,26H,4-5,13H2,1-3H3. The molecule has 7 heteroatoms. The maximum Gasteiger partial charge on any atom is 0.335 e. The highest BCUT2D eigenvalue weighted by Crippen LogP contribution is 2.52. The van der Waals surface area contributed by atoms with Crippen LogP contribution in [-0.4, -0.2) is 26.1 Å². The maximum absolute atomic E-state index is 12.8. The highest BCUT2D eigenvalue weighted by Gasteiger charge is 2.27. The number of benzene rings is 2. The number of methoxy groups -OCH3 is 1. The molecule has 0 saturated carbocycles. The highest BCUT2D eigenvalue weighted by molar-refractivity contribution is 7.80. The van der Waals surface area contributed by atoms with Gasteiger partial charge in [-0.3, -0.25) is 9.36 Å². The van der Waals surface area contributed by atoms with Crippen LogP contribution in [0, 0.1) is 0 Å². The first kappa shape index (κ1) is 20.7. The van der Waals surface area contributed by atoms with E-state index in [1.165, 1.54) is 7.11 Å². The first-order valence-corrected chi connectivity index (χ1v) is 10.5. The van der Waals surface area contributed by atoms with Crippen LogP contribution < -0.4 is 4.74 Å². The fourth-order valence-corrected chi connectivity index (χ4v) is 4.61. The van der Waals surface area contributed by atoms with Crippen molar-refractivity contribution >= 4 is 26.0 Å². The van der Waals surface area contributed by atoms with Crippen LogP contribution in [0.5, 0.6) is 5.75 Å². The Bertz CT molecular complexity index is 797. The lowest BCUT2D eigenvalue weighted by molar-refractivity contribution is 0.103. The van der Waals surface area contributed by atoms with E-state index in [-0.39, 0.29) is 25.2 Å². The zero-order chi connectivity index (χ0) is 19.2. The van der Waals surface area contributed by atoms with Gasteiger partial charge in [-0.1, -0.05) is 30.3 Å². The van der Waals surface area contributed by atoms with Gasteiger partial charge in [-0.2, -0.15) is 0 Å². The monoisotopic (exact) mass is 394 g/mol. The van der Waals surface area contributed by atoms with Crippen LogP contribution in [0.2, 0.25) is 0 Å². The number of ketones is 1. The van der Waals surface area contributed by atoms with Gasteiger partial charge in [0.15, 0.2) is 5.78 Å². The third-order valence-electron chi connectivity index (χ3n) is 3.69. The molecule has 0 bridgehead atoms. The van der Waals surface area contributed by atoms with Crippen molar-refractivity contribution in [2.24, 2.45) is 0 Å². The highest BCUT2D eigenvalue weighted by atomic mass is 32.1. The Morgan fingerprint density at radius 1 is 1.08 bits per heavy atom. The van der Waals surface area contributed by atoms with Crippen molar-refractivity contribution in [1.29, 1.82) is 0 Å². The third kappa shape index (κ3) is 4.98. The molecule has 0 aromatic heterocycles. The van der Waals surface area contributed by atoms with Crippen LogP contribution in [0.15, 0.2) is 47.4 Å². The van der Waals surface area contributed by atoms with E-state index in [2.05, 4.69) is 12.6 Å². The van der Waals surface area contributed by atoms with Gasteiger partial charge >= 0.3 is 7.60 Å². The predicted octanol–water partition coefficient (Wildman–Crippen LogP) is 4.98. The van der Waals surface area contributed by atoms with Gasteiger partial charge in [0.2, 0.25) is 0 Å². The summed E-state index contributed by atoms with van der Waals surface area (Å²) in [7, 11) is -1.80. The zero-order valence-corrected chi connectivity index (χ0v) is 16.9. The Morgan fingerprint density at radius 2 is 1.69 bits per heavy atom. The van der Waals surface area contributed by atoms with Gasteiger partial charge in [0, 0.05) is 21.6 Å². The van der Waals surface area contributed by atoms with Crippen LogP contribution in [0.25, 0.3) is 0 Å². The molecule has 140 valence electrons. The van der Waals surface area contributed by atoms with Crippen LogP contribution in [-0.2, 0) is 19.8 Å². The van der Waals surface area contributed by atoms with E-state index in [0.717, 1.165) is 0 Å². The van der Waals surface area contributed by atoms with E-state index in [4.69, 9.17) is 13.8 Å². The van der Waals surface area contributed by atoms with Crippen molar-refractivity contribution in [1.82, 2.24) is 0 Å². The summed E-state index contributed by atoms with van der Waals surface area (Å²) in [5, 5.41) is 0. The van der Waals surface area contributed by atoms with Crippen LogP contribution in [0.1, 0.15) is 35.3 Å². The number of hydrogen-bond donors (Lipinski definition) is 1. The number of thiol groups is 1. The normalized spacial score (nSPS) is 11.4. The summed E-state index contributed by atoms with van der Waals surface area (Å²) in [6, 6.07) is 12.2. The number of carbonyl (C=O) groups excluding carboxylic acids is 1. The molecule has 0 aliphatic carbocycles. The maximum atomic E-state index is 12.8. The lowest BCUT2D eigenvalue weighted by Crippen LogP contribution is -2.06. The Kier molecular flexibility index (Phi) is 7.47. The molecule has 0 aliphatic heterocycles. The molecular weight excluding hydrogens is 371 g/mol. The summed E-state index contributed by atoms with van der Waals surface area (Å²) >= 11 is 4.45. The molecule has 0 spiro atoms. The summed E-state index contributed by atoms with van der Waals surface area (Å²) in [4.78, 5) is 13.2. The van der Waals surface area contributed by atoms with Crippen LogP contribution in [0.4, 0.5) is 0 Å². The second-order valence-electron chi connectivity index (χ2n) is 5.48. The van der Waals surface area contributed by atoms with E-state index in [9.17, 15) is 9.36 Å². The molecule has 0 N–H and O–H groups in total. The second-order valence-corrected chi connectivity index (χ2v) is 8.02. The zero-order valence-electron chi connectivity index (χ0n) is 15.1. The molecular formula is C19H23O5PS. The van der Waals surface area contributed by atoms with Gasteiger partial charge in [0.25, 0.3) is 0 Å². The predicted molar refractivity (Wildman–Crippen MR) is 105 cm³/mol. The smallest absolute Gasteiger partial charge is 0.335 e. The third-order valence-corrected chi connectivity index (χ3v) is 6.10. The fraction of sp³-hybridized carbons (Fsp3) is 0.316. The molecule has 5 nitrogen and oxygen atoms in total. The van der Waals surface area contributed by atoms with Crippen molar-refractivity contribution in [2.45, 2.75) is 24.9 Å². The molecule has 0 atom stereocenters. The Labute approximate surface area is 159 Å². The number of rotatable bonds is 9. The topological polar surface area (TPSA) is 61.8 Å². The molecule has 0 unspecified atom stereocenters. The largest absolute Gasteiger partial charge is 0.496 e. The first-order valence-electron chi connectivity index (χ1n) is 8.31.